The van der Waals surface area contributed by atoms with Crippen LogP contribution in [0.15, 0.2) is 18.2 Å². The van der Waals surface area contributed by atoms with Crippen molar-refractivity contribution in [1.82, 2.24) is 0 Å². The quantitative estimate of drug-likeness (QED) is 0.118. The summed E-state index contributed by atoms with van der Waals surface area (Å²) in [5, 5.41) is 9.77. The number of carboxylic acids is 1. The third kappa shape index (κ3) is 18.2. The monoisotopic (exact) mass is 518 g/mol. The molecule has 0 aliphatic rings. The van der Waals surface area contributed by atoms with E-state index >= 15 is 0 Å². The normalized spacial score (nSPS) is 11.1. The Morgan fingerprint density at radius 2 is 0.838 bits per heavy atom. The summed E-state index contributed by atoms with van der Waals surface area (Å²) in [6.07, 6.45) is 28.2. The first kappa shape index (κ1) is 33.3. The summed E-state index contributed by atoms with van der Waals surface area (Å²) in [4.78, 5) is 11.9. The summed E-state index contributed by atoms with van der Waals surface area (Å²) in [6.45, 7) is 5.63. The minimum Gasteiger partial charge on any atom is -0.493 e. The van der Waals surface area contributed by atoms with Crippen molar-refractivity contribution in [2.75, 3.05) is 13.2 Å². The fourth-order valence-corrected chi connectivity index (χ4v) is 4.86. The fraction of sp³-hybridized carbons (Fsp3) is 0.788. The Morgan fingerprint density at radius 1 is 0.541 bits per heavy atom. The molecule has 0 aliphatic heterocycles. The largest absolute Gasteiger partial charge is 0.493 e. The van der Waals surface area contributed by atoms with E-state index in [4.69, 9.17) is 9.47 Å². The van der Waals surface area contributed by atoms with Crippen LogP contribution in [0.1, 0.15) is 165 Å². The molecule has 0 fully saturated rings. The summed E-state index contributed by atoms with van der Waals surface area (Å²) >= 11 is 0. The molecular weight excluding hydrogens is 460 g/mol. The lowest BCUT2D eigenvalue weighted by Crippen LogP contribution is -2.08. The smallest absolute Gasteiger partial charge is 0.343 e. The van der Waals surface area contributed by atoms with E-state index in [1.807, 2.05) is 6.07 Å². The molecule has 0 saturated carbocycles. The Morgan fingerprint density at radius 3 is 1.14 bits per heavy atom. The highest BCUT2D eigenvalue weighted by atomic mass is 16.5. The van der Waals surface area contributed by atoms with Gasteiger partial charge in [0, 0.05) is 0 Å². The maximum Gasteiger partial charge on any atom is 0.343 e. The van der Waals surface area contributed by atoms with E-state index in [0.717, 1.165) is 25.7 Å². The maximum atomic E-state index is 11.9. The van der Waals surface area contributed by atoms with Gasteiger partial charge in [0.1, 0.15) is 17.1 Å². The van der Waals surface area contributed by atoms with Crippen LogP contribution in [0.25, 0.3) is 0 Å². The lowest BCUT2D eigenvalue weighted by Gasteiger charge is -2.14. The molecule has 0 atom stereocenters. The third-order valence-corrected chi connectivity index (χ3v) is 7.21. The molecule has 0 aliphatic carbocycles. The van der Waals surface area contributed by atoms with Crippen LogP contribution in [0.3, 0.4) is 0 Å². The minimum atomic E-state index is -0.983. The summed E-state index contributed by atoms with van der Waals surface area (Å²) in [7, 11) is 0. The molecule has 0 aromatic heterocycles. The van der Waals surface area contributed by atoms with E-state index in [-0.39, 0.29) is 5.56 Å². The van der Waals surface area contributed by atoms with Crippen molar-refractivity contribution in [1.29, 1.82) is 0 Å². The van der Waals surface area contributed by atoms with E-state index in [2.05, 4.69) is 13.8 Å². The molecule has 0 spiro atoms. The Kier molecular flexibility index (Phi) is 22.2. The van der Waals surface area contributed by atoms with Crippen LogP contribution in [-0.2, 0) is 0 Å². The van der Waals surface area contributed by atoms with Crippen molar-refractivity contribution in [3.63, 3.8) is 0 Å². The van der Waals surface area contributed by atoms with Crippen LogP contribution in [0, 0.1) is 0 Å². The van der Waals surface area contributed by atoms with E-state index in [0.29, 0.717) is 24.7 Å². The van der Waals surface area contributed by atoms with Gasteiger partial charge in [-0.2, -0.15) is 0 Å². The fourth-order valence-electron chi connectivity index (χ4n) is 4.86. The molecule has 214 valence electrons. The maximum absolute atomic E-state index is 11.9. The van der Waals surface area contributed by atoms with Crippen molar-refractivity contribution < 1.29 is 19.4 Å². The van der Waals surface area contributed by atoms with E-state index in [9.17, 15) is 9.90 Å². The van der Waals surface area contributed by atoms with Gasteiger partial charge >= 0.3 is 5.97 Å². The molecule has 37 heavy (non-hydrogen) atoms. The Bertz CT molecular complexity index is 611. The van der Waals surface area contributed by atoms with Crippen molar-refractivity contribution in [3.05, 3.63) is 23.8 Å². The first-order valence-corrected chi connectivity index (χ1v) is 15.8. The molecule has 0 radical (unpaired) electrons. The van der Waals surface area contributed by atoms with E-state index in [1.54, 1.807) is 12.1 Å². The standard InChI is InChI=1S/C33H58O4/c1-3-5-7-9-11-13-15-17-19-21-23-28-36-30-26-25-27-31(32(30)33(34)35)37-29-24-22-20-18-16-14-12-10-8-6-4-2/h25-27H,3-24,28-29H2,1-2H3,(H,34,35). The van der Waals surface area contributed by atoms with Crippen molar-refractivity contribution in [2.45, 2.75) is 155 Å². The highest BCUT2D eigenvalue weighted by molar-refractivity contribution is 5.94. The zero-order valence-electron chi connectivity index (χ0n) is 24.4. The predicted molar refractivity (Wildman–Crippen MR) is 157 cm³/mol. The second-order valence-corrected chi connectivity index (χ2v) is 10.7. The van der Waals surface area contributed by atoms with Crippen molar-refractivity contribution >= 4 is 5.97 Å². The number of benzene rings is 1. The predicted octanol–water partition coefficient (Wildman–Crippen LogP) is 10.8. The van der Waals surface area contributed by atoms with Gasteiger partial charge in [-0.15, -0.1) is 0 Å². The second-order valence-electron chi connectivity index (χ2n) is 10.7. The Balaban J connectivity index is 2.16. The van der Waals surface area contributed by atoms with Gasteiger partial charge in [0.2, 0.25) is 0 Å². The number of hydrogen-bond acceptors (Lipinski definition) is 3. The third-order valence-electron chi connectivity index (χ3n) is 7.21. The van der Waals surface area contributed by atoms with Gasteiger partial charge in [-0.05, 0) is 25.0 Å². The average Bonchev–Trinajstić information content (AvgIpc) is 2.89. The van der Waals surface area contributed by atoms with Gasteiger partial charge in [0.15, 0.2) is 0 Å². The second kappa shape index (κ2) is 24.6. The molecule has 1 N–H and O–H groups in total. The minimum absolute atomic E-state index is 0.161. The SMILES string of the molecule is CCCCCCCCCCCCCOc1cccc(OCCCCCCCCCCCCC)c1C(=O)O. The van der Waals surface area contributed by atoms with Crippen LogP contribution >= 0.6 is 0 Å². The average molecular weight is 519 g/mol. The number of unbranched alkanes of at least 4 members (excludes halogenated alkanes) is 20. The summed E-state index contributed by atoms with van der Waals surface area (Å²) in [5.74, 6) is -0.129. The summed E-state index contributed by atoms with van der Waals surface area (Å²) in [5.41, 5.74) is 0.161. The van der Waals surface area contributed by atoms with Gasteiger partial charge in [-0.1, -0.05) is 148 Å². The highest BCUT2D eigenvalue weighted by Crippen LogP contribution is 2.29. The summed E-state index contributed by atoms with van der Waals surface area (Å²) < 4.78 is 11.7. The van der Waals surface area contributed by atoms with Gasteiger partial charge < -0.3 is 14.6 Å². The molecule has 1 rings (SSSR count). The lowest BCUT2D eigenvalue weighted by atomic mass is 10.1. The topological polar surface area (TPSA) is 55.8 Å². The molecule has 1 aromatic carbocycles. The van der Waals surface area contributed by atoms with Gasteiger partial charge in [0.25, 0.3) is 0 Å². The van der Waals surface area contributed by atoms with Gasteiger partial charge in [-0.25, -0.2) is 4.79 Å². The van der Waals surface area contributed by atoms with Gasteiger partial charge in [-0.3, -0.25) is 0 Å². The number of carboxylic acid groups (broad SMARTS) is 1. The van der Waals surface area contributed by atoms with E-state index in [1.165, 1.54) is 116 Å². The first-order chi connectivity index (χ1) is 18.2. The van der Waals surface area contributed by atoms with Gasteiger partial charge in [0.05, 0.1) is 13.2 Å². The first-order valence-electron chi connectivity index (χ1n) is 15.8. The lowest BCUT2D eigenvalue weighted by molar-refractivity contribution is 0.0687. The van der Waals surface area contributed by atoms with Crippen LogP contribution in [-0.4, -0.2) is 24.3 Å². The zero-order valence-corrected chi connectivity index (χ0v) is 24.4. The van der Waals surface area contributed by atoms with Crippen molar-refractivity contribution in [2.24, 2.45) is 0 Å². The number of aromatic carboxylic acids is 1. The molecule has 4 nitrogen and oxygen atoms in total. The molecule has 4 heteroatoms. The number of carbonyl (C=O) groups is 1. The zero-order chi connectivity index (χ0) is 26.8. The van der Waals surface area contributed by atoms with Crippen LogP contribution in [0.5, 0.6) is 11.5 Å². The Labute approximate surface area is 228 Å². The molecule has 0 heterocycles. The Hall–Kier alpha value is -1.71. The molecule has 0 unspecified atom stereocenters. The summed E-state index contributed by atoms with van der Waals surface area (Å²) in [6, 6.07) is 5.33. The highest BCUT2D eigenvalue weighted by Gasteiger charge is 2.18. The number of ether oxygens (including phenoxy) is 2. The van der Waals surface area contributed by atoms with Crippen LogP contribution < -0.4 is 9.47 Å². The molecule has 0 saturated heterocycles. The van der Waals surface area contributed by atoms with E-state index < -0.39 is 5.97 Å². The number of hydrogen-bond donors (Lipinski definition) is 1. The molecule has 1 aromatic rings. The van der Waals surface area contributed by atoms with Crippen molar-refractivity contribution in [3.8, 4) is 11.5 Å². The molecule has 0 amide bonds. The number of rotatable bonds is 27. The molecule has 0 bridgehead atoms. The van der Waals surface area contributed by atoms with Crippen LogP contribution in [0.4, 0.5) is 0 Å². The molecular formula is C33H58O4. The van der Waals surface area contributed by atoms with Crippen LogP contribution in [0.2, 0.25) is 0 Å².